The van der Waals surface area contributed by atoms with E-state index in [0.29, 0.717) is 0 Å². The highest BCUT2D eigenvalue weighted by molar-refractivity contribution is 5.63. The van der Waals surface area contributed by atoms with Gasteiger partial charge in [0.2, 0.25) is 0 Å². The van der Waals surface area contributed by atoms with E-state index in [1.807, 2.05) is 36.5 Å². The molecule has 0 saturated carbocycles. The van der Waals surface area contributed by atoms with Crippen LogP contribution < -0.4 is 10.1 Å². The molecule has 2 heterocycles. The number of methoxy groups -OCH3 is 1. The normalized spacial score (nSPS) is 10.7. The van der Waals surface area contributed by atoms with E-state index in [2.05, 4.69) is 15.5 Å². The lowest BCUT2D eigenvalue weighted by Crippen LogP contribution is -2.12. The van der Waals surface area contributed by atoms with Crippen LogP contribution in [0.1, 0.15) is 11.1 Å². The molecule has 21 heavy (non-hydrogen) atoms. The van der Waals surface area contributed by atoms with Crippen molar-refractivity contribution in [1.82, 2.24) is 15.5 Å². The fourth-order valence-corrected chi connectivity index (χ4v) is 2.19. The molecular formula is C16H17N3O2. The van der Waals surface area contributed by atoms with Gasteiger partial charge >= 0.3 is 0 Å². The predicted molar refractivity (Wildman–Crippen MR) is 79.8 cm³/mol. The topological polar surface area (TPSA) is 63.1 Å². The summed E-state index contributed by atoms with van der Waals surface area (Å²) in [6.07, 6.45) is 5.27. The highest BCUT2D eigenvalue weighted by atomic mass is 16.5. The number of aromatic nitrogens is 2. The first-order valence-corrected chi connectivity index (χ1v) is 6.75. The average Bonchev–Trinajstić information content (AvgIpc) is 3.19. The molecule has 0 fully saturated rings. The van der Waals surface area contributed by atoms with Crippen molar-refractivity contribution < 1.29 is 9.15 Å². The molecule has 5 heteroatoms. The van der Waals surface area contributed by atoms with E-state index in [9.17, 15) is 0 Å². The highest BCUT2D eigenvalue weighted by Crippen LogP contribution is 2.23. The van der Waals surface area contributed by atoms with Crippen LogP contribution >= 0.6 is 0 Å². The Labute approximate surface area is 122 Å². The predicted octanol–water partition coefficient (Wildman–Crippen LogP) is 2.97. The van der Waals surface area contributed by atoms with Gasteiger partial charge in [0.25, 0.3) is 0 Å². The number of aromatic amines is 1. The lowest BCUT2D eigenvalue weighted by molar-refractivity contribution is 0.415. The molecule has 0 unspecified atom stereocenters. The van der Waals surface area contributed by atoms with Gasteiger partial charge in [-0.05, 0) is 30.3 Å². The summed E-state index contributed by atoms with van der Waals surface area (Å²) in [5, 5.41) is 10.6. The third kappa shape index (κ3) is 3.14. The van der Waals surface area contributed by atoms with Crippen molar-refractivity contribution in [2.24, 2.45) is 0 Å². The maximum absolute atomic E-state index is 5.18. The first-order valence-electron chi connectivity index (χ1n) is 6.75. The Balaban J connectivity index is 1.68. The van der Waals surface area contributed by atoms with Gasteiger partial charge in [-0.3, -0.25) is 5.10 Å². The molecule has 1 aromatic carbocycles. The van der Waals surface area contributed by atoms with Crippen LogP contribution in [-0.4, -0.2) is 17.3 Å². The zero-order chi connectivity index (χ0) is 14.5. The molecule has 0 atom stereocenters. The lowest BCUT2D eigenvalue weighted by Gasteiger charge is -2.06. The van der Waals surface area contributed by atoms with Crippen molar-refractivity contribution in [3.8, 4) is 17.0 Å². The zero-order valence-corrected chi connectivity index (χ0v) is 11.8. The van der Waals surface area contributed by atoms with Gasteiger partial charge in [0.1, 0.15) is 5.75 Å². The summed E-state index contributed by atoms with van der Waals surface area (Å²) < 4.78 is 10.2. The fraction of sp³-hybridized carbons (Fsp3) is 0.188. The number of nitrogens with one attached hydrogen (secondary N) is 2. The summed E-state index contributed by atoms with van der Waals surface area (Å²) in [6.45, 7) is 1.51. The van der Waals surface area contributed by atoms with Crippen molar-refractivity contribution in [2.45, 2.75) is 13.1 Å². The zero-order valence-electron chi connectivity index (χ0n) is 11.8. The van der Waals surface area contributed by atoms with Crippen LogP contribution in [0.15, 0.2) is 53.5 Å². The first-order chi connectivity index (χ1) is 10.4. The molecule has 3 rings (SSSR count). The van der Waals surface area contributed by atoms with E-state index >= 15 is 0 Å². The smallest absolute Gasteiger partial charge is 0.118 e. The number of furan rings is 1. The van der Waals surface area contributed by atoms with Crippen molar-refractivity contribution in [3.63, 3.8) is 0 Å². The van der Waals surface area contributed by atoms with Crippen LogP contribution in [0.2, 0.25) is 0 Å². The number of hydrogen-bond donors (Lipinski definition) is 2. The second-order valence-electron chi connectivity index (χ2n) is 4.73. The lowest BCUT2D eigenvalue weighted by atomic mass is 10.1. The molecule has 0 saturated heterocycles. The minimum absolute atomic E-state index is 0.739. The van der Waals surface area contributed by atoms with Gasteiger partial charge in [0, 0.05) is 29.8 Å². The molecular weight excluding hydrogens is 266 g/mol. The maximum atomic E-state index is 5.18. The van der Waals surface area contributed by atoms with E-state index in [4.69, 9.17) is 9.15 Å². The maximum Gasteiger partial charge on any atom is 0.118 e. The van der Waals surface area contributed by atoms with Crippen LogP contribution in [0, 0.1) is 0 Å². The van der Waals surface area contributed by atoms with Gasteiger partial charge in [-0.2, -0.15) is 5.10 Å². The number of hydrogen-bond acceptors (Lipinski definition) is 4. The van der Waals surface area contributed by atoms with Crippen LogP contribution in [-0.2, 0) is 13.1 Å². The molecule has 108 valence electrons. The van der Waals surface area contributed by atoms with E-state index in [0.717, 1.165) is 41.2 Å². The monoisotopic (exact) mass is 283 g/mol. The molecule has 5 nitrogen and oxygen atoms in total. The van der Waals surface area contributed by atoms with E-state index < -0.39 is 0 Å². The molecule has 0 aliphatic heterocycles. The minimum atomic E-state index is 0.739. The van der Waals surface area contributed by atoms with Gasteiger partial charge < -0.3 is 14.5 Å². The third-order valence-electron chi connectivity index (χ3n) is 3.32. The van der Waals surface area contributed by atoms with E-state index in [-0.39, 0.29) is 0 Å². The number of benzene rings is 1. The Kier molecular flexibility index (Phi) is 4.02. The quantitative estimate of drug-likeness (QED) is 0.730. The first kappa shape index (κ1) is 13.5. The SMILES string of the molecule is COc1ccc(-c2[nH]ncc2CNCc2ccoc2)cc1. The summed E-state index contributed by atoms with van der Waals surface area (Å²) in [4.78, 5) is 0. The highest BCUT2D eigenvalue weighted by Gasteiger charge is 2.07. The van der Waals surface area contributed by atoms with Crippen LogP contribution in [0.25, 0.3) is 11.3 Å². The Morgan fingerprint density at radius 1 is 1.19 bits per heavy atom. The molecule has 0 spiro atoms. The summed E-state index contributed by atoms with van der Waals surface area (Å²) >= 11 is 0. The van der Waals surface area contributed by atoms with E-state index in [1.54, 1.807) is 19.6 Å². The Morgan fingerprint density at radius 3 is 2.76 bits per heavy atom. The largest absolute Gasteiger partial charge is 0.497 e. The second-order valence-corrected chi connectivity index (χ2v) is 4.73. The van der Waals surface area contributed by atoms with Gasteiger partial charge in [-0.15, -0.1) is 0 Å². The summed E-state index contributed by atoms with van der Waals surface area (Å²) in [7, 11) is 1.66. The third-order valence-corrected chi connectivity index (χ3v) is 3.32. The van der Waals surface area contributed by atoms with Crippen molar-refractivity contribution in [3.05, 3.63) is 60.2 Å². The minimum Gasteiger partial charge on any atom is -0.497 e. The Morgan fingerprint density at radius 2 is 2.05 bits per heavy atom. The molecule has 0 radical (unpaired) electrons. The number of H-pyrrole nitrogens is 1. The molecule has 2 N–H and O–H groups in total. The molecule has 0 amide bonds. The average molecular weight is 283 g/mol. The molecule has 0 aliphatic carbocycles. The fourth-order valence-electron chi connectivity index (χ4n) is 2.19. The van der Waals surface area contributed by atoms with Gasteiger partial charge in [0.05, 0.1) is 31.5 Å². The second kappa shape index (κ2) is 6.28. The summed E-state index contributed by atoms with van der Waals surface area (Å²) in [5.74, 6) is 0.845. The van der Waals surface area contributed by atoms with Gasteiger partial charge in [-0.25, -0.2) is 0 Å². The number of ether oxygens (including phenoxy) is 1. The van der Waals surface area contributed by atoms with E-state index in [1.165, 1.54) is 0 Å². The number of nitrogens with zero attached hydrogens (tertiary/aromatic N) is 1. The van der Waals surface area contributed by atoms with Crippen molar-refractivity contribution in [2.75, 3.05) is 7.11 Å². The summed E-state index contributed by atoms with van der Waals surface area (Å²) in [6, 6.07) is 9.88. The number of rotatable bonds is 6. The van der Waals surface area contributed by atoms with Crippen molar-refractivity contribution in [1.29, 1.82) is 0 Å². The standard InChI is InChI=1S/C16H17N3O2/c1-20-15-4-2-13(3-5-15)16-14(10-18-19-16)9-17-8-12-6-7-21-11-12/h2-7,10-11,17H,8-9H2,1H3,(H,18,19). The molecule has 0 aliphatic rings. The van der Waals surface area contributed by atoms with Gasteiger partial charge in [-0.1, -0.05) is 0 Å². The van der Waals surface area contributed by atoms with Crippen LogP contribution in [0.4, 0.5) is 0 Å². The Hall–Kier alpha value is -2.53. The van der Waals surface area contributed by atoms with Crippen LogP contribution in [0.5, 0.6) is 5.75 Å². The Bertz CT molecular complexity index is 672. The molecule has 3 aromatic rings. The molecule has 0 bridgehead atoms. The van der Waals surface area contributed by atoms with Gasteiger partial charge in [0.15, 0.2) is 0 Å². The molecule has 2 aromatic heterocycles. The van der Waals surface area contributed by atoms with Crippen LogP contribution in [0.3, 0.4) is 0 Å². The summed E-state index contributed by atoms with van der Waals surface area (Å²) in [5.41, 5.74) is 4.37. The van der Waals surface area contributed by atoms with Crippen molar-refractivity contribution >= 4 is 0 Å².